The molecule has 1 saturated heterocycles. The largest absolute Gasteiger partial charge is 0.395 e. The first-order valence-corrected chi connectivity index (χ1v) is 15.0. The van der Waals surface area contributed by atoms with Gasteiger partial charge in [-0.15, -0.1) is 0 Å². The van der Waals surface area contributed by atoms with E-state index in [1.54, 1.807) is 23.1 Å². The Labute approximate surface area is 227 Å². The van der Waals surface area contributed by atoms with Gasteiger partial charge in [0.2, 0.25) is 10.0 Å². The second-order valence-corrected chi connectivity index (χ2v) is 12.9. The van der Waals surface area contributed by atoms with Gasteiger partial charge >= 0.3 is 0 Å². The Morgan fingerprint density at radius 2 is 1.85 bits per heavy atom. The van der Waals surface area contributed by atoms with Crippen molar-refractivity contribution < 1.29 is 27.1 Å². The summed E-state index contributed by atoms with van der Waals surface area (Å²) in [5, 5.41) is 11.9. The van der Waals surface area contributed by atoms with Crippen LogP contribution in [0.15, 0.2) is 36.4 Å². The molecule has 2 fully saturated rings. The van der Waals surface area contributed by atoms with E-state index in [-0.39, 0.29) is 25.9 Å². The summed E-state index contributed by atoms with van der Waals surface area (Å²) in [6.07, 6.45) is 6.85. The zero-order valence-corrected chi connectivity index (χ0v) is 22.8. The van der Waals surface area contributed by atoms with E-state index in [1.165, 1.54) is 18.9 Å². The Morgan fingerprint density at radius 1 is 1.10 bits per heavy atom. The van der Waals surface area contributed by atoms with Crippen LogP contribution in [0.1, 0.15) is 66.4 Å². The van der Waals surface area contributed by atoms with Crippen molar-refractivity contribution in [3.05, 3.63) is 53.1 Å². The van der Waals surface area contributed by atoms with Crippen LogP contribution in [-0.2, 0) is 10.0 Å². The van der Waals surface area contributed by atoms with Crippen LogP contribution in [0.25, 0.3) is 5.57 Å². The maximum absolute atomic E-state index is 13.6. The smallest absolute Gasteiger partial charge is 0.257 e. The SMILES string of the molecule is Cc1cc(NC(=O)c2ccc(NS(=O)(=O)CCO)cc2C2=CCC3(CC2)CC3)nc(N2CCC(F)(F)CC2)c1. The average molecular weight is 561 g/mol. The van der Waals surface area contributed by atoms with E-state index >= 15 is 0 Å². The predicted molar refractivity (Wildman–Crippen MR) is 148 cm³/mol. The number of pyridine rings is 1. The lowest BCUT2D eigenvalue weighted by molar-refractivity contribution is -0.0221. The number of aromatic nitrogens is 1. The number of benzene rings is 1. The Balaban J connectivity index is 1.41. The summed E-state index contributed by atoms with van der Waals surface area (Å²) in [7, 11) is -3.73. The van der Waals surface area contributed by atoms with Crippen LogP contribution in [0, 0.1) is 12.3 Å². The molecular weight excluding hydrogens is 526 g/mol. The minimum atomic E-state index is -3.73. The topological polar surface area (TPSA) is 112 Å². The monoisotopic (exact) mass is 560 g/mol. The molecule has 0 bridgehead atoms. The maximum Gasteiger partial charge on any atom is 0.257 e. The van der Waals surface area contributed by atoms with Gasteiger partial charge in [0.05, 0.1) is 12.4 Å². The summed E-state index contributed by atoms with van der Waals surface area (Å²) in [4.78, 5) is 19.9. The van der Waals surface area contributed by atoms with Crippen molar-refractivity contribution in [3.63, 3.8) is 0 Å². The van der Waals surface area contributed by atoms with Crippen molar-refractivity contribution in [2.45, 2.75) is 57.8 Å². The van der Waals surface area contributed by atoms with Crippen molar-refractivity contribution in [1.82, 2.24) is 4.98 Å². The van der Waals surface area contributed by atoms with E-state index in [0.717, 1.165) is 30.4 Å². The standard InChI is InChI=1S/C28H34F2N4O4S/c1-19-16-24(31-25(17-19)34-12-10-28(29,30)11-13-34)32-26(36)22-3-2-21(33-39(37,38)15-14-35)18-23(22)20-4-6-27(7-5-20)8-9-27/h2-4,16-18,33,35H,5-15H2,1H3,(H,31,32,36). The Hall–Kier alpha value is -3.05. The molecule has 0 radical (unpaired) electrons. The minimum Gasteiger partial charge on any atom is -0.395 e. The van der Waals surface area contributed by atoms with Gasteiger partial charge < -0.3 is 15.3 Å². The molecule has 3 aliphatic rings. The molecule has 0 atom stereocenters. The van der Waals surface area contributed by atoms with Gasteiger partial charge in [-0.05, 0) is 91.5 Å². The normalized spacial score (nSPS) is 19.9. The number of carbonyl (C=O) groups is 1. The number of sulfonamides is 1. The number of nitrogens with zero attached hydrogens (tertiary/aromatic N) is 2. The molecule has 1 saturated carbocycles. The first-order valence-electron chi connectivity index (χ1n) is 13.3. The number of hydrogen-bond acceptors (Lipinski definition) is 6. The van der Waals surface area contributed by atoms with Gasteiger partial charge in [-0.2, -0.15) is 0 Å². The molecule has 3 N–H and O–H groups in total. The van der Waals surface area contributed by atoms with Crippen LogP contribution < -0.4 is 14.9 Å². The molecule has 2 aliphatic carbocycles. The van der Waals surface area contributed by atoms with Crippen molar-refractivity contribution in [2.24, 2.45) is 5.41 Å². The minimum absolute atomic E-state index is 0.185. The van der Waals surface area contributed by atoms with Gasteiger partial charge in [-0.25, -0.2) is 22.2 Å². The summed E-state index contributed by atoms with van der Waals surface area (Å²) in [6, 6.07) is 8.34. The fourth-order valence-corrected chi connectivity index (χ4v) is 6.19. The summed E-state index contributed by atoms with van der Waals surface area (Å²) >= 11 is 0. The third kappa shape index (κ3) is 6.58. The predicted octanol–water partition coefficient (Wildman–Crippen LogP) is 4.96. The number of hydrogen-bond donors (Lipinski definition) is 3. The van der Waals surface area contributed by atoms with Crippen LogP contribution in [0.2, 0.25) is 0 Å². The van der Waals surface area contributed by atoms with E-state index in [1.807, 2.05) is 13.0 Å². The highest BCUT2D eigenvalue weighted by Gasteiger charge is 2.43. The van der Waals surface area contributed by atoms with Gasteiger partial charge in [0.1, 0.15) is 11.6 Å². The first-order chi connectivity index (χ1) is 18.5. The third-order valence-electron chi connectivity index (χ3n) is 7.92. The van der Waals surface area contributed by atoms with Crippen molar-refractivity contribution in [1.29, 1.82) is 0 Å². The van der Waals surface area contributed by atoms with E-state index in [0.29, 0.717) is 33.9 Å². The molecule has 8 nitrogen and oxygen atoms in total. The van der Waals surface area contributed by atoms with Gasteiger partial charge in [-0.1, -0.05) is 6.08 Å². The number of rotatable bonds is 8. The number of allylic oxidation sites excluding steroid dienone is 2. The first kappa shape index (κ1) is 27.5. The number of anilines is 3. The van der Waals surface area contributed by atoms with Gasteiger partial charge in [0, 0.05) is 37.2 Å². The van der Waals surface area contributed by atoms with Crippen LogP contribution in [-0.4, -0.2) is 55.8 Å². The third-order valence-corrected chi connectivity index (χ3v) is 9.19. The van der Waals surface area contributed by atoms with Crippen molar-refractivity contribution >= 4 is 38.8 Å². The van der Waals surface area contributed by atoms with Gasteiger partial charge in [0.25, 0.3) is 11.8 Å². The summed E-state index contributed by atoms with van der Waals surface area (Å²) in [5.41, 5.74) is 3.57. The fourth-order valence-electron chi connectivity index (χ4n) is 5.36. The summed E-state index contributed by atoms with van der Waals surface area (Å²) in [6.45, 7) is 1.73. The van der Waals surface area contributed by atoms with Crippen LogP contribution in [0.4, 0.5) is 26.1 Å². The van der Waals surface area contributed by atoms with Crippen LogP contribution in [0.5, 0.6) is 0 Å². The Kier molecular flexibility index (Phi) is 7.41. The van der Waals surface area contributed by atoms with Crippen molar-refractivity contribution in [3.8, 4) is 0 Å². The summed E-state index contributed by atoms with van der Waals surface area (Å²) < 4.78 is 54.3. The molecule has 1 spiro atoms. The molecule has 1 amide bonds. The number of nitrogens with one attached hydrogen (secondary N) is 2. The molecule has 11 heteroatoms. The maximum atomic E-state index is 13.6. The highest BCUT2D eigenvalue weighted by atomic mass is 32.2. The number of alkyl halides is 2. The molecule has 1 aromatic carbocycles. The number of aliphatic hydroxyl groups is 1. The second kappa shape index (κ2) is 10.5. The number of aryl methyl sites for hydroxylation is 1. The average Bonchev–Trinajstić information content (AvgIpc) is 3.62. The lowest BCUT2D eigenvalue weighted by Gasteiger charge is -2.32. The Bertz CT molecular complexity index is 1400. The molecule has 0 unspecified atom stereocenters. The van der Waals surface area contributed by atoms with E-state index in [4.69, 9.17) is 5.11 Å². The second-order valence-electron chi connectivity index (χ2n) is 11.0. The van der Waals surface area contributed by atoms with Crippen LogP contribution in [0.3, 0.4) is 0 Å². The number of carbonyl (C=O) groups excluding carboxylic acids is 1. The van der Waals surface area contributed by atoms with Gasteiger partial charge in [-0.3, -0.25) is 9.52 Å². The number of amides is 1. The fraction of sp³-hybridized carbons (Fsp3) is 0.500. The highest BCUT2D eigenvalue weighted by Crippen LogP contribution is 2.56. The molecular formula is C28H34F2N4O4S. The lowest BCUT2D eigenvalue weighted by atomic mass is 9.83. The quantitative estimate of drug-likeness (QED) is 0.421. The summed E-state index contributed by atoms with van der Waals surface area (Å²) in [5.74, 6) is -2.62. The number of aliphatic hydroxyl groups excluding tert-OH is 1. The van der Waals surface area contributed by atoms with E-state index in [9.17, 15) is 22.0 Å². The van der Waals surface area contributed by atoms with Crippen LogP contribution >= 0.6 is 0 Å². The molecule has 39 heavy (non-hydrogen) atoms. The van der Waals surface area contributed by atoms with Gasteiger partial charge in [0.15, 0.2) is 0 Å². The lowest BCUT2D eigenvalue weighted by Crippen LogP contribution is -2.39. The molecule has 2 heterocycles. The molecule has 5 rings (SSSR count). The van der Waals surface area contributed by atoms with E-state index in [2.05, 4.69) is 21.1 Å². The van der Waals surface area contributed by atoms with Crippen molar-refractivity contribution in [2.75, 3.05) is 40.4 Å². The number of piperidine rings is 1. The zero-order chi connectivity index (χ0) is 27.8. The Morgan fingerprint density at radius 3 is 2.49 bits per heavy atom. The molecule has 1 aliphatic heterocycles. The zero-order valence-electron chi connectivity index (χ0n) is 22.0. The number of halogens is 2. The molecule has 2 aromatic rings. The van der Waals surface area contributed by atoms with E-state index < -0.39 is 34.2 Å². The highest BCUT2D eigenvalue weighted by molar-refractivity contribution is 7.92. The molecule has 210 valence electrons. The molecule has 1 aromatic heterocycles.